The first kappa shape index (κ1) is 20.3. The molecule has 0 aliphatic rings. The Kier molecular flexibility index (Phi) is 8.10. The maximum Gasteiger partial charge on any atom is 0.410 e. The van der Waals surface area contributed by atoms with E-state index >= 15 is 0 Å². The first-order chi connectivity index (χ1) is 11.2. The molecule has 0 saturated heterocycles. The van der Waals surface area contributed by atoms with Crippen LogP contribution in [0.2, 0.25) is 0 Å². The summed E-state index contributed by atoms with van der Waals surface area (Å²) in [5.41, 5.74) is 0.732. The SMILES string of the molecule is CC(=O)OC(NC(=O)OCc1ccccc1)C(=O)OCC(Cl)(Cl)Cl. The van der Waals surface area contributed by atoms with Gasteiger partial charge in [-0.1, -0.05) is 65.1 Å². The molecule has 1 aromatic carbocycles. The molecule has 1 aromatic rings. The number of ether oxygens (including phenoxy) is 3. The number of alkyl halides is 3. The predicted molar refractivity (Wildman–Crippen MR) is 86.6 cm³/mol. The predicted octanol–water partition coefficient (Wildman–Crippen LogP) is 2.72. The zero-order valence-electron chi connectivity index (χ0n) is 12.5. The number of amides is 1. The van der Waals surface area contributed by atoms with Gasteiger partial charge in [-0.25, -0.2) is 9.59 Å². The zero-order valence-corrected chi connectivity index (χ0v) is 14.7. The molecule has 1 amide bonds. The summed E-state index contributed by atoms with van der Waals surface area (Å²) in [6.45, 7) is 0.421. The third kappa shape index (κ3) is 8.81. The van der Waals surface area contributed by atoms with Gasteiger partial charge in [0.2, 0.25) is 3.79 Å². The van der Waals surface area contributed by atoms with Crippen molar-refractivity contribution >= 4 is 52.8 Å². The number of benzene rings is 1. The Labute approximate surface area is 153 Å². The van der Waals surface area contributed by atoms with Gasteiger partial charge in [0.1, 0.15) is 13.2 Å². The van der Waals surface area contributed by atoms with E-state index < -0.39 is 34.7 Å². The standard InChI is InChI=1S/C14H14Cl3NO6/c1-9(19)24-11(12(20)23-8-14(15,16)17)18-13(21)22-7-10-5-3-2-4-6-10/h2-6,11H,7-8H2,1H3,(H,18,21). The summed E-state index contributed by atoms with van der Waals surface area (Å²) in [7, 11) is 0. The Hall–Kier alpha value is -1.70. The quantitative estimate of drug-likeness (QED) is 0.343. The number of carbonyl (C=O) groups is 3. The Morgan fingerprint density at radius 2 is 1.75 bits per heavy atom. The van der Waals surface area contributed by atoms with E-state index in [9.17, 15) is 14.4 Å². The lowest BCUT2D eigenvalue weighted by atomic mass is 10.2. The van der Waals surface area contributed by atoms with E-state index in [0.29, 0.717) is 0 Å². The molecule has 1 atom stereocenters. The third-order valence-electron chi connectivity index (χ3n) is 2.34. The fourth-order valence-electron chi connectivity index (χ4n) is 1.40. The Bertz CT molecular complexity index is 576. The molecular formula is C14H14Cl3NO6. The maximum atomic E-state index is 11.8. The van der Waals surface area contributed by atoms with Gasteiger partial charge in [0.05, 0.1) is 0 Å². The highest BCUT2D eigenvalue weighted by Gasteiger charge is 2.29. The summed E-state index contributed by atoms with van der Waals surface area (Å²) in [6.07, 6.45) is -2.71. The number of hydrogen-bond acceptors (Lipinski definition) is 6. The van der Waals surface area contributed by atoms with E-state index in [4.69, 9.17) is 39.5 Å². The van der Waals surface area contributed by atoms with Crippen molar-refractivity contribution in [2.75, 3.05) is 6.61 Å². The molecule has 0 radical (unpaired) electrons. The van der Waals surface area contributed by atoms with Crippen molar-refractivity contribution in [3.63, 3.8) is 0 Å². The number of nitrogens with one attached hydrogen (secondary N) is 1. The lowest BCUT2D eigenvalue weighted by Gasteiger charge is -2.18. The highest BCUT2D eigenvalue weighted by molar-refractivity contribution is 6.67. The van der Waals surface area contributed by atoms with Gasteiger partial charge >= 0.3 is 18.0 Å². The maximum absolute atomic E-state index is 11.8. The monoisotopic (exact) mass is 397 g/mol. The van der Waals surface area contributed by atoms with Crippen molar-refractivity contribution in [3.05, 3.63) is 35.9 Å². The van der Waals surface area contributed by atoms with Gasteiger partial charge in [0.15, 0.2) is 0 Å². The molecule has 0 heterocycles. The van der Waals surface area contributed by atoms with Crippen LogP contribution in [0, 0.1) is 0 Å². The summed E-state index contributed by atoms with van der Waals surface area (Å²) in [5.74, 6) is -1.94. The van der Waals surface area contributed by atoms with Crippen LogP contribution in [0.3, 0.4) is 0 Å². The van der Waals surface area contributed by atoms with Gasteiger partial charge in [-0.2, -0.15) is 0 Å². The van der Waals surface area contributed by atoms with Gasteiger partial charge in [-0.15, -0.1) is 0 Å². The van der Waals surface area contributed by atoms with Crippen molar-refractivity contribution in [3.8, 4) is 0 Å². The second kappa shape index (κ2) is 9.56. The van der Waals surface area contributed by atoms with Crippen molar-refractivity contribution in [1.82, 2.24) is 5.32 Å². The molecule has 10 heteroatoms. The Morgan fingerprint density at radius 1 is 1.12 bits per heavy atom. The molecule has 1 unspecified atom stereocenters. The van der Waals surface area contributed by atoms with Crippen LogP contribution in [-0.2, 0) is 30.4 Å². The number of carbonyl (C=O) groups excluding carboxylic acids is 3. The zero-order chi connectivity index (χ0) is 18.2. The molecule has 7 nitrogen and oxygen atoms in total. The third-order valence-corrected chi connectivity index (χ3v) is 2.67. The summed E-state index contributed by atoms with van der Waals surface area (Å²) in [4.78, 5) is 34.5. The summed E-state index contributed by atoms with van der Waals surface area (Å²) < 4.78 is 12.4. The number of halogens is 3. The van der Waals surface area contributed by atoms with Gasteiger partial charge in [0.25, 0.3) is 6.23 Å². The number of alkyl carbamates (subject to hydrolysis) is 1. The largest absolute Gasteiger partial charge is 0.457 e. The van der Waals surface area contributed by atoms with Crippen LogP contribution in [0.25, 0.3) is 0 Å². The first-order valence-electron chi connectivity index (χ1n) is 6.55. The van der Waals surface area contributed by atoms with E-state index in [1.54, 1.807) is 30.3 Å². The second-order valence-electron chi connectivity index (χ2n) is 4.42. The van der Waals surface area contributed by atoms with Crippen molar-refractivity contribution in [1.29, 1.82) is 0 Å². The minimum Gasteiger partial charge on any atom is -0.457 e. The van der Waals surface area contributed by atoms with Gasteiger partial charge < -0.3 is 14.2 Å². The van der Waals surface area contributed by atoms with Crippen LogP contribution < -0.4 is 5.32 Å². The fourth-order valence-corrected chi connectivity index (χ4v) is 1.57. The average Bonchev–Trinajstić information content (AvgIpc) is 2.50. The Morgan fingerprint density at radius 3 is 2.29 bits per heavy atom. The molecule has 0 aliphatic heterocycles. The summed E-state index contributed by atoms with van der Waals surface area (Å²) in [5, 5.41) is 2.05. The fraction of sp³-hybridized carbons (Fsp3) is 0.357. The average molecular weight is 399 g/mol. The van der Waals surface area contributed by atoms with Crippen LogP contribution in [0.1, 0.15) is 12.5 Å². The smallest absolute Gasteiger partial charge is 0.410 e. The van der Waals surface area contributed by atoms with E-state index in [1.807, 2.05) is 5.32 Å². The van der Waals surface area contributed by atoms with E-state index in [0.717, 1.165) is 12.5 Å². The molecule has 1 rings (SSSR count). The molecule has 1 N–H and O–H groups in total. The van der Waals surface area contributed by atoms with Gasteiger partial charge in [-0.3, -0.25) is 10.1 Å². The number of rotatable bonds is 6. The van der Waals surface area contributed by atoms with E-state index in [1.165, 1.54) is 0 Å². The molecule has 0 aromatic heterocycles. The normalized spacial score (nSPS) is 12.0. The molecule has 24 heavy (non-hydrogen) atoms. The van der Waals surface area contributed by atoms with E-state index in [-0.39, 0.29) is 6.61 Å². The van der Waals surface area contributed by atoms with Crippen molar-refractivity contribution in [2.45, 2.75) is 23.6 Å². The molecule has 132 valence electrons. The van der Waals surface area contributed by atoms with Crippen LogP contribution in [0.15, 0.2) is 30.3 Å². The van der Waals surface area contributed by atoms with Crippen molar-refractivity contribution < 1.29 is 28.6 Å². The number of esters is 2. The highest BCUT2D eigenvalue weighted by atomic mass is 35.6. The number of hydrogen-bond donors (Lipinski definition) is 1. The van der Waals surface area contributed by atoms with Crippen LogP contribution in [0.5, 0.6) is 0 Å². The summed E-state index contributed by atoms with van der Waals surface area (Å²) >= 11 is 16.3. The van der Waals surface area contributed by atoms with Crippen LogP contribution >= 0.6 is 34.8 Å². The molecule has 0 spiro atoms. The molecule has 0 bridgehead atoms. The molecule has 0 fully saturated rings. The molecule has 0 aliphatic carbocycles. The van der Waals surface area contributed by atoms with Crippen LogP contribution in [0.4, 0.5) is 4.79 Å². The van der Waals surface area contributed by atoms with E-state index in [2.05, 4.69) is 9.47 Å². The highest BCUT2D eigenvalue weighted by Crippen LogP contribution is 2.26. The topological polar surface area (TPSA) is 90.9 Å². The first-order valence-corrected chi connectivity index (χ1v) is 7.68. The van der Waals surface area contributed by atoms with Crippen molar-refractivity contribution in [2.24, 2.45) is 0 Å². The minimum atomic E-state index is -1.84. The van der Waals surface area contributed by atoms with Gasteiger partial charge in [-0.05, 0) is 5.56 Å². The lowest BCUT2D eigenvalue weighted by molar-refractivity contribution is -0.168. The lowest BCUT2D eigenvalue weighted by Crippen LogP contribution is -2.45. The minimum absolute atomic E-state index is 0.0390. The summed E-state index contributed by atoms with van der Waals surface area (Å²) in [6, 6.07) is 8.83. The molecule has 0 saturated carbocycles. The molecular weight excluding hydrogens is 385 g/mol. The van der Waals surface area contributed by atoms with Crippen LogP contribution in [-0.4, -0.2) is 34.7 Å². The second-order valence-corrected chi connectivity index (χ2v) is 6.93. The Balaban J connectivity index is 2.56. The van der Waals surface area contributed by atoms with Gasteiger partial charge in [0, 0.05) is 6.92 Å².